The first kappa shape index (κ1) is 18.2. The van der Waals surface area contributed by atoms with Crippen molar-refractivity contribution in [2.24, 2.45) is 23.2 Å². The fourth-order valence-electron chi connectivity index (χ4n) is 6.03. The van der Waals surface area contributed by atoms with Gasteiger partial charge in [0.2, 0.25) is 0 Å². The summed E-state index contributed by atoms with van der Waals surface area (Å²) in [6, 6.07) is 9.29. The number of Topliss-reactive ketones (excluding diaryl/α,β-unsaturated/α-hetero) is 1. The molecular formula is C22H27BrO3. The number of ketones is 1. The molecule has 3 nitrogen and oxygen atoms in total. The number of rotatable bonds is 2. The highest BCUT2D eigenvalue weighted by Crippen LogP contribution is 2.62. The van der Waals surface area contributed by atoms with E-state index in [-0.39, 0.29) is 21.8 Å². The number of fused-ring (bicyclic) bond motifs is 3. The van der Waals surface area contributed by atoms with E-state index in [2.05, 4.69) is 29.8 Å². The topological polar surface area (TPSA) is 43.4 Å². The van der Waals surface area contributed by atoms with Gasteiger partial charge in [0, 0.05) is 11.8 Å². The number of esters is 1. The average Bonchev–Trinajstić information content (AvgIpc) is 2.95. The summed E-state index contributed by atoms with van der Waals surface area (Å²) in [7, 11) is 0. The highest BCUT2D eigenvalue weighted by molar-refractivity contribution is 9.10. The molecule has 3 saturated carbocycles. The maximum atomic E-state index is 12.6. The SMILES string of the molecule is C[C@@]12CC[C@@H]3[C@H](CCC(=O)[C@@]3(C)Br)[C@@H]1CC[C@@H]2OC(=O)c1ccccc1. The number of hydrogen-bond donors (Lipinski definition) is 0. The van der Waals surface area contributed by atoms with Crippen LogP contribution < -0.4 is 0 Å². The lowest BCUT2D eigenvalue weighted by molar-refractivity contribution is -0.130. The molecule has 0 unspecified atom stereocenters. The van der Waals surface area contributed by atoms with E-state index < -0.39 is 0 Å². The molecule has 0 N–H and O–H groups in total. The number of hydrogen-bond acceptors (Lipinski definition) is 3. The van der Waals surface area contributed by atoms with Gasteiger partial charge in [-0.15, -0.1) is 0 Å². The minimum Gasteiger partial charge on any atom is -0.458 e. The molecule has 1 aromatic rings. The molecular weight excluding hydrogens is 392 g/mol. The van der Waals surface area contributed by atoms with Crippen molar-refractivity contribution in [1.82, 2.24) is 0 Å². The molecule has 4 rings (SSSR count). The van der Waals surface area contributed by atoms with Gasteiger partial charge in [0.1, 0.15) is 11.9 Å². The standard InChI is InChI=1S/C22H27BrO3/c1-21-13-12-17-15(8-10-18(24)22(17,2)23)16(21)9-11-19(21)26-20(25)14-6-4-3-5-7-14/h3-7,15-17,19H,8-13H2,1-2H3/t15-,16+,17-,19+,21-,22+/m1/s1. The summed E-state index contributed by atoms with van der Waals surface area (Å²) < 4.78 is 5.63. The summed E-state index contributed by atoms with van der Waals surface area (Å²) >= 11 is 3.77. The largest absolute Gasteiger partial charge is 0.458 e. The van der Waals surface area contributed by atoms with Gasteiger partial charge in [-0.25, -0.2) is 4.79 Å². The third kappa shape index (κ3) is 2.76. The van der Waals surface area contributed by atoms with E-state index >= 15 is 0 Å². The van der Waals surface area contributed by atoms with Crippen LogP contribution in [0.4, 0.5) is 0 Å². The molecule has 3 aliphatic rings. The number of halogens is 1. The number of carbonyl (C=O) groups is 2. The molecule has 3 fully saturated rings. The molecule has 6 atom stereocenters. The van der Waals surface area contributed by atoms with Crippen molar-refractivity contribution in [3.8, 4) is 0 Å². The predicted octanol–water partition coefficient (Wildman–Crippen LogP) is 5.17. The number of carbonyl (C=O) groups excluding carboxylic acids is 2. The summed E-state index contributed by atoms with van der Waals surface area (Å²) in [5, 5.41) is 0. The summed E-state index contributed by atoms with van der Waals surface area (Å²) in [6.45, 7) is 4.38. The van der Waals surface area contributed by atoms with Crippen LogP contribution in [0.2, 0.25) is 0 Å². The van der Waals surface area contributed by atoms with Gasteiger partial charge < -0.3 is 4.74 Å². The Morgan fingerprint density at radius 2 is 1.81 bits per heavy atom. The first-order valence-corrected chi connectivity index (χ1v) is 10.6. The lowest BCUT2D eigenvalue weighted by Gasteiger charge is -2.53. The van der Waals surface area contributed by atoms with E-state index in [1.54, 1.807) is 0 Å². The third-order valence-electron chi connectivity index (χ3n) is 7.56. The molecule has 26 heavy (non-hydrogen) atoms. The average molecular weight is 419 g/mol. The summed E-state index contributed by atoms with van der Waals surface area (Å²) in [6.07, 6.45) is 5.75. The zero-order chi connectivity index (χ0) is 18.5. The van der Waals surface area contributed by atoms with Crippen molar-refractivity contribution in [1.29, 1.82) is 0 Å². The Kier molecular flexibility index (Phi) is 4.53. The molecule has 0 spiro atoms. The van der Waals surface area contributed by atoms with Gasteiger partial charge in [-0.05, 0) is 68.9 Å². The van der Waals surface area contributed by atoms with Crippen LogP contribution in [0.1, 0.15) is 62.7 Å². The van der Waals surface area contributed by atoms with Crippen LogP contribution in [0, 0.1) is 23.2 Å². The smallest absolute Gasteiger partial charge is 0.338 e. The number of ether oxygens (including phenoxy) is 1. The summed E-state index contributed by atoms with van der Waals surface area (Å²) in [5.41, 5.74) is 0.666. The molecule has 0 aromatic heterocycles. The summed E-state index contributed by atoms with van der Waals surface area (Å²) in [4.78, 5) is 25.0. The van der Waals surface area contributed by atoms with E-state index in [4.69, 9.17) is 4.74 Å². The van der Waals surface area contributed by atoms with Crippen molar-refractivity contribution < 1.29 is 14.3 Å². The molecule has 0 heterocycles. The first-order valence-electron chi connectivity index (χ1n) is 9.82. The fourth-order valence-corrected chi connectivity index (χ4v) is 6.80. The van der Waals surface area contributed by atoms with Crippen LogP contribution in [0.15, 0.2) is 30.3 Å². The Morgan fingerprint density at radius 1 is 1.08 bits per heavy atom. The van der Waals surface area contributed by atoms with E-state index in [9.17, 15) is 9.59 Å². The Balaban J connectivity index is 1.53. The van der Waals surface area contributed by atoms with E-state index in [0.29, 0.717) is 35.5 Å². The molecule has 0 aliphatic heterocycles. The maximum Gasteiger partial charge on any atom is 0.338 e. The predicted molar refractivity (Wildman–Crippen MR) is 104 cm³/mol. The minimum absolute atomic E-state index is 0.0136. The quantitative estimate of drug-likeness (QED) is 0.491. The number of alkyl halides is 1. The normalized spacial score (nSPS) is 42.0. The second-order valence-electron chi connectivity index (χ2n) is 8.80. The van der Waals surface area contributed by atoms with Crippen molar-refractivity contribution in [3.05, 3.63) is 35.9 Å². The molecule has 3 aliphatic carbocycles. The van der Waals surface area contributed by atoms with Gasteiger partial charge >= 0.3 is 5.97 Å². The van der Waals surface area contributed by atoms with Crippen molar-refractivity contribution in [2.45, 2.75) is 62.8 Å². The van der Waals surface area contributed by atoms with Crippen LogP contribution in [0.5, 0.6) is 0 Å². The third-order valence-corrected chi connectivity index (χ3v) is 8.59. The Bertz CT molecular complexity index is 713. The molecule has 0 radical (unpaired) electrons. The lowest BCUT2D eigenvalue weighted by atomic mass is 9.54. The second-order valence-corrected chi connectivity index (χ2v) is 10.4. The highest BCUT2D eigenvalue weighted by Gasteiger charge is 2.60. The van der Waals surface area contributed by atoms with Crippen LogP contribution in [0.3, 0.4) is 0 Å². The molecule has 0 amide bonds. The Morgan fingerprint density at radius 3 is 2.54 bits per heavy atom. The van der Waals surface area contributed by atoms with Crippen LogP contribution in [0.25, 0.3) is 0 Å². The van der Waals surface area contributed by atoms with Gasteiger partial charge in [-0.3, -0.25) is 4.79 Å². The molecule has 1 aromatic carbocycles. The monoisotopic (exact) mass is 418 g/mol. The van der Waals surface area contributed by atoms with E-state index in [1.165, 1.54) is 0 Å². The molecule has 140 valence electrons. The van der Waals surface area contributed by atoms with E-state index in [1.807, 2.05) is 30.3 Å². The molecule has 0 bridgehead atoms. The maximum absolute atomic E-state index is 12.6. The zero-order valence-corrected chi connectivity index (χ0v) is 17.1. The Hall–Kier alpha value is -1.16. The minimum atomic E-state index is -0.379. The highest BCUT2D eigenvalue weighted by atomic mass is 79.9. The van der Waals surface area contributed by atoms with Crippen LogP contribution in [-0.4, -0.2) is 22.2 Å². The van der Waals surface area contributed by atoms with Gasteiger partial charge in [0.15, 0.2) is 0 Å². The van der Waals surface area contributed by atoms with Gasteiger partial charge in [-0.1, -0.05) is 41.1 Å². The second kappa shape index (κ2) is 6.47. The molecule has 0 saturated heterocycles. The Labute approximate surface area is 164 Å². The van der Waals surface area contributed by atoms with Crippen LogP contribution >= 0.6 is 15.9 Å². The number of benzene rings is 1. The van der Waals surface area contributed by atoms with E-state index in [0.717, 1.165) is 32.1 Å². The van der Waals surface area contributed by atoms with Crippen molar-refractivity contribution in [3.63, 3.8) is 0 Å². The molecule has 4 heteroatoms. The van der Waals surface area contributed by atoms with Gasteiger partial charge in [0.05, 0.1) is 9.89 Å². The zero-order valence-electron chi connectivity index (χ0n) is 15.5. The fraction of sp³-hybridized carbons (Fsp3) is 0.636. The van der Waals surface area contributed by atoms with Crippen molar-refractivity contribution in [2.75, 3.05) is 0 Å². The van der Waals surface area contributed by atoms with Crippen molar-refractivity contribution >= 4 is 27.7 Å². The van der Waals surface area contributed by atoms with Gasteiger partial charge in [0.25, 0.3) is 0 Å². The lowest BCUT2D eigenvalue weighted by Crippen LogP contribution is -2.54. The first-order chi connectivity index (χ1) is 12.3. The van der Waals surface area contributed by atoms with Gasteiger partial charge in [-0.2, -0.15) is 0 Å². The van der Waals surface area contributed by atoms with Crippen LogP contribution in [-0.2, 0) is 9.53 Å². The summed E-state index contributed by atoms with van der Waals surface area (Å²) in [5.74, 6) is 1.65.